The number of hydrogen-bond donors (Lipinski definition) is 0. The summed E-state index contributed by atoms with van der Waals surface area (Å²) in [7, 11) is 0. The van der Waals surface area contributed by atoms with Crippen molar-refractivity contribution in [3.63, 3.8) is 0 Å². The third-order valence-corrected chi connectivity index (χ3v) is 3.64. The molecule has 0 rings (SSSR count). The van der Waals surface area contributed by atoms with E-state index in [-0.39, 0.29) is 5.41 Å². The summed E-state index contributed by atoms with van der Waals surface area (Å²) in [5, 5.41) is 0. The fourth-order valence-corrected chi connectivity index (χ4v) is 1.02. The first kappa shape index (κ1) is 10.7. The minimum Gasteiger partial charge on any atom is -0.0996 e. The Morgan fingerprint density at radius 3 is 1.64 bits per heavy atom. The Balaban J connectivity index is 4.67. The average Bonchev–Trinajstić information content (AvgIpc) is 1.87. The standard InChI is InChI=1S/C11H22/c1-8-10(4,5)11(6,7)9(2)3/h2,8H2,1,3-7H3. The molecule has 0 fully saturated rings. The van der Waals surface area contributed by atoms with E-state index >= 15 is 0 Å². The van der Waals surface area contributed by atoms with Crippen LogP contribution in [0, 0.1) is 10.8 Å². The van der Waals surface area contributed by atoms with Gasteiger partial charge in [-0.1, -0.05) is 53.2 Å². The van der Waals surface area contributed by atoms with Gasteiger partial charge in [0, 0.05) is 0 Å². The monoisotopic (exact) mass is 154 g/mol. The molecule has 0 aliphatic heterocycles. The van der Waals surface area contributed by atoms with Gasteiger partial charge in [-0.3, -0.25) is 0 Å². The maximum Gasteiger partial charge on any atom is -0.00991 e. The summed E-state index contributed by atoms with van der Waals surface area (Å²) in [6.45, 7) is 17.6. The molecule has 0 amide bonds. The molecule has 0 aromatic heterocycles. The van der Waals surface area contributed by atoms with Crippen molar-refractivity contribution in [2.75, 3.05) is 0 Å². The van der Waals surface area contributed by atoms with E-state index in [1.165, 1.54) is 12.0 Å². The van der Waals surface area contributed by atoms with Crippen LogP contribution in [0.2, 0.25) is 0 Å². The molecule has 0 bridgehead atoms. The summed E-state index contributed by atoms with van der Waals surface area (Å²) in [5.74, 6) is 0. The van der Waals surface area contributed by atoms with Gasteiger partial charge in [0.15, 0.2) is 0 Å². The van der Waals surface area contributed by atoms with Crippen LogP contribution < -0.4 is 0 Å². The van der Waals surface area contributed by atoms with E-state index in [9.17, 15) is 0 Å². The highest BCUT2D eigenvalue weighted by Crippen LogP contribution is 2.45. The van der Waals surface area contributed by atoms with E-state index in [0.717, 1.165) is 0 Å². The zero-order valence-corrected chi connectivity index (χ0v) is 8.91. The lowest BCUT2D eigenvalue weighted by Gasteiger charge is -2.42. The van der Waals surface area contributed by atoms with Crippen molar-refractivity contribution >= 4 is 0 Å². The number of hydrogen-bond acceptors (Lipinski definition) is 0. The topological polar surface area (TPSA) is 0 Å². The molecule has 0 radical (unpaired) electrons. The predicted molar refractivity (Wildman–Crippen MR) is 52.7 cm³/mol. The first-order valence-electron chi connectivity index (χ1n) is 4.41. The molecule has 0 aromatic rings. The minimum atomic E-state index is 0.252. The second kappa shape index (κ2) is 3.00. The third-order valence-electron chi connectivity index (χ3n) is 3.64. The molecular formula is C11H22. The van der Waals surface area contributed by atoms with Crippen molar-refractivity contribution in [2.45, 2.75) is 48.0 Å². The molecule has 0 aliphatic carbocycles. The second-order valence-electron chi connectivity index (χ2n) is 4.64. The van der Waals surface area contributed by atoms with Crippen LogP contribution in [-0.2, 0) is 0 Å². The largest absolute Gasteiger partial charge is 0.0996 e. The molecule has 0 spiro atoms. The lowest BCUT2D eigenvalue weighted by Crippen LogP contribution is -2.32. The van der Waals surface area contributed by atoms with Crippen molar-refractivity contribution in [1.29, 1.82) is 0 Å². The SMILES string of the molecule is C=C(C)C(C)(C)C(C)(C)CC. The summed E-state index contributed by atoms with van der Waals surface area (Å²) < 4.78 is 0. The van der Waals surface area contributed by atoms with Crippen LogP contribution in [0.15, 0.2) is 12.2 Å². The van der Waals surface area contributed by atoms with Crippen molar-refractivity contribution in [1.82, 2.24) is 0 Å². The third kappa shape index (κ3) is 1.85. The first-order chi connectivity index (χ1) is 4.75. The highest BCUT2D eigenvalue weighted by Gasteiger charge is 2.35. The highest BCUT2D eigenvalue weighted by molar-refractivity contribution is 5.08. The van der Waals surface area contributed by atoms with Gasteiger partial charge in [-0.05, 0) is 17.8 Å². The van der Waals surface area contributed by atoms with Gasteiger partial charge in [0.25, 0.3) is 0 Å². The summed E-state index contributed by atoms with van der Waals surface area (Å²) in [4.78, 5) is 0. The van der Waals surface area contributed by atoms with E-state index in [2.05, 4.69) is 48.1 Å². The molecule has 0 saturated heterocycles. The van der Waals surface area contributed by atoms with Gasteiger partial charge in [-0.25, -0.2) is 0 Å². The molecule has 0 saturated carbocycles. The Labute approximate surface area is 71.7 Å². The van der Waals surface area contributed by atoms with E-state index in [1.54, 1.807) is 0 Å². The van der Waals surface area contributed by atoms with Crippen molar-refractivity contribution in [3.8, 4) is 0 Å². The second-order valence-corrected chi connectivity index (χ2v) is 4.64. The lowest BCUT2D eigenvalue weighted by molar-refractivity contribution is 0.146. The molecule has 0 N–H and O–H groups in total. The van der Waals surface area contributed by atoms with Gasteiger partial charge in [0.05, 0.1) is 0 Å². The molecule has 0 atom stereocenters. The smallest absolute Gasteiger partial charge is 0.00991 e. The van der Waals surface area contributed by atoms with Gasteiger partial charge < -0.3 is 0 Å². The van der Waals surface area contributed by atoms with Crippen molar-refractivity contribution in [3.05, 3.63) is 12.2 Å². The molecule has 11 heavy (non-hydrogen) atoms. The molecule has 0 heterocycles. The van der Waals surface area contributed by atoms with E-state index in [0.29, 0.717) is 5.41 Å². The molecule has 0 unspecified atom stereocenters. The van der Waals surface area contributed by atoms with Gasteiger partial charge in [0.1, 0.15) is 0 Å². The lowest BCUT2D eigenvalue weighted by atomic mass is 9.63. The summed E-state index contributed by atoms with van der Waals surface area (Å²) in [5.41, 5.74) is 1.89. The van der Waals surface area contributed by atoms with E-state index in [1.807, 2.05) is 0 Å². The summed E-state index contributed by atoms with van der Waals surface area (Å²) in [6, 6.07) is 0. The first-order valence-corrected chi connectivity index (χ1v) is 4.41. The zero-order chi connectivity index (χ0) is 9.28. The van der Waals surface area contributed by atoms with Crippen LogP contribution >= 0.6 is 0 Å². The van der Waals surface area contributed by atoms with Crippen molar-refractivity contribution < 1.29 is 0 Å². The fraction of sp³-hybridized carbons (Fsp3) is 0.818. The van der Waals surface area contributed by atoms with Crippen molar-refractivity contribution in [2.24, 2.45) is 10.8 Å². The predicted octanol–water partition coefficient (Wildman–Crippen LogP) is 4.02. The average molecular weight is 154 g/mol. The van der Waals surface area contributed by atoms with Crippen LogP contribution in [0.25, 0.3) is 0 Å². The molecule has 66 valence electrons. The molecular weight excluding hydrogens is 132 g/mol. The normalized spacial score (nSPS) is 13.3. The van der Waals surface area contributed by atoms with Crippen LogP contribution in [0.4, 0.5) is 0 Å². The van der Waals surface area contributed by atoms with Gasteiger partial charge in [-0.15, -0.1) is 0 Å². The fourth-order valence-electron chi connectivity index (χ4n) is 1.02. The van der Waals surface area contributed by atoms with Gasteiger partial charge in [0.2, 0.25) is 0 Å². The highest BCUT2D eigenvalue weighted by atomic mass is 14.4. The molecule has 0 nitrogen and oxygen atoms in total. The van der Waals surface area contributed by atoms with E-state index < -0.39 is 0 Å². The van der Waals surface area contributed by atoms with Crippen LogP contribution in [0.1, 0.15) is 48.0 Å². The van der Waals surface area contributed by atoms with Crippen LogP contribution in [-0.4, -0.2) is 0 Å². The maximum atomic E-state index is 4.04. The number of allylic oxidation sites excluding steroid dienone is 1. The molecule has 0 aromatic carbocycles. The number of rotatable bonds is 3. The van der Waals surface area contributed by atoms with Crippen LogP contribution in [0.5, 0.6) is 0 Å². The van der Waals surface area contributed by atoms with Crippen LogP contribution in [0.3, 0.4) is 0 Å². The molecule has 0 aliphatic rings. The molecule has 0 heteroatoms. The quantitative estimate of drug-likeness (QED) is 0.538. The van der Waals surface area contributed by atoms with Gasteiger partial charge >= 0.3 is 0 Å². The zero-order valence-electron chi connectivity index (χ0n) is 8.91. The summed E-state index contributed by atoms with van der Waals surface area (Å²) in [6.07, 6.45) is 1.20. The Morgan fingerprint density at radius 2 is 1.55 bits per heavy atom. The Kier molecular flexibility index (Phi) is 2.93. The maximum absolute atomic E-state index is 4.04. The van der Waals surface area contributed by atoms with E-state index in [4.69, 9.17) is 0 Å². The Hall–Kier alpha value is -0.260. The Bertz CT molecular complexity index is 149. The Morgan fingerprint density at radius 1 is 1.18 bits per heavy atom. The minimum absolute atomic E-state index is 0.252. The van der Waals surface area contributed by atoms with Gasteiger partial charge in [-0.2, -0.15) is 0 Å². The summed E-state index contributed by atoms with van der Waals surface area (Å²) >= 11 is 0.